The maximum atomic E-state index is 13.1. The van der Waals surface area contributed by atoms with Gasteiger partial charge in [-0.2, -0.15) is 0 Å². The van der Waals surface area contributed by atoms with Gasteiger partial charge in [0.15, 0.2) is 0 Å². The fraction of sp³-hybridized carbons (Fsp3) is 0.333. The minimum atomic E-state index is -0.944. The Morgan fingerprint density at radius 3 is 2.16 bits per heavy atom. The van der Waals surface area contributed by atoms with E-state index >= 15 is 0 Å². The topological polar surface area (TPSA) is 102 Å². The highest BCUT2D eigenvalue weighted by Crippen LogP contribution is 2.27. The van der Waals surface area contributed by atoms with Gasteiger partial charge in [-0.15, -0.1) is 0 Å². The van der Waals surface area contributed by atoms with Crippen molar-refractivity contribution in [2.24, 2.45) is 5.92 Å². The Balaban J connectivity index is 1.81. The predicted molar refractivity (Wildman–Crippen MR) is 116 cm³/mol. The molecular formula is C24H26N2O6. The van der Waals surface area contributed by atoms with Crippen molar-refractivity contribution in [1.82, 2.24) is 10.2 Å². The number of esters is 1. The molecule has 168 valence electrons. The summed E-state index contributed by atoms with van der Waals surface area (Å²) in [6.07, 6.45) is 0.327. The van der Waals surface area contributed by atoms with E-state index < -0.39 is 29.7 Å². The Bertz CT molecular complexity index is 1030. The monoisotopic (exact) mass is 438 g/mol. The summed E-state index contributed by atoms with van der Waals surface area (Å²) in [5, 5.41) is 2.79. The highest BCUT2D eigenvalue weighted by Gasteiger charge is 2.42. The standard InChI is InChI=1S/C24H26N2O6/c1-14(2)11-19(26-22(28)16-7-5-6-8-17(16)23(26)29)21(27)25-13-15-9-10-20(31-3)18(12-15)24(30)32-4/h5-10,12,14,19H,11,13H2,1-4H3,(H,25,27). The molecule has 8 heteroatoms. The molecule has 3 amide bonds. The van der Waals surface area contributed by atoms with E-state index in [0.717, 1.165) is 4.90 Å². The summed E-state index contributed by atoms with van der Waals surface area (Å²) in [6, 6.07) is 10.5. The molecule has 1 aliphatic rings. The lowest BCUT2D eigenvalue weighted by molar-refractivity contribution is -0.125. The average Bonchev–Trinajstić information content (AvgIpc) is 3.05. The van der Waals surface area contributed by atoms with Crippen molar-refractivity contribution in [3.8, 4) is 5.75 Å². The first-order valence-corrected chi connectivity index (χ1v) is 10.3. The van der Waals surface area contributed by atoms with Crippen LogP contribution in [-0.2, 0) is 16.1 Å². The second-order valence-electron chi connectivity index (χ2n) is 7.92. The second kappa shape index (κ2) is 9.64. The summed E-state index contributed by atoms with van der Waals surface area (Å²) in [6.45, 7) is 3.94. The number of imide groups is 1. The van der Waals surface area contributed by atoms with Crippen LogP contribution in [0.25, 0.3) is 0 Å². The largest absolute Gasteiger partial charge is 0.496 e. The molecule has 3 rings (SSSR count). The molecule has 0 fully saturated rings. The number of benzene rings is 2. The highest BCUT2D eigenvalue weighted by atomic mass is 16.5. The first-order chi connectivity index (χ1) is 15.3. The predicted octanol–water partition coefficient (Wildman–Crippen LogP) is 2.81. The molecule has 0 aliphatic carbocycles. The van der Waals surface area contributed by atoms with Gasteiger partial charge < -0.3 is 14.8 Å². The number of rotatable bonds is 8. The number of amides is 3. The molecule has 0 saturated heterocycles. The third-order valence-corrected chi connectivity index (χ3v) is 5.27. The Labute approximate surface area is 186 Å². The van der Waals surface area contributed by atoms with E-state index in [9.17, 15) is 19.2 Å². The van der Waals surface area contributed by atoms with E-state index in [1.54, 1.807) is 42.5 Å². The lowest BCUT2D eigenvalue weighted by Gasteiger charge is -2.26. The quantitative estimate of drug-likeness (QED) is 0.502. The van der Waals surface area contributed by atoms with Crippen molar-refractivity contribution in [2.45, 2.75) is 32.9 Å². The van der Waals surface area contributed by atoms with Gasteiger partial charge in [0.1, 0.15) is 17.4 Å². The van der Waals surface area contributed by atoms with E-state index in [0.29, 0.717) is 28.9 Å². The molecule has 2 aromatic rings. The third kappa shape index (κ3) is 4.49. The van der Waals surface area contributed by atoms with Crippen molar-refractivity contribution in [1.29, 1.82) is 0 Å². The molecule has 2 aromatic carbocycles. The Hall–Kier alpha value is -3.68. The Kier molecular flexibility index (Phi) is 6.92. The van der Waals surface area contributed by atoms with Crippen LogP contribution in [0.5, 0.6) is 5.75 Å². The van der Waals surface area contributed by atoms with Gasteiger partial charge in [0.2, 0.25) is 5.91 Å². The molecule has 8 nitrogen and oxygen atoms in total. The van der Waals surface area contributed by atoms with Crippen LogP contribution < -0.4 is 10.1 Å². The number of carbonyl (C=O) groups excluding carboxylic acids is 4. The van der Waals surface area contributed by atoms with Crippen LogP contribution >= 0.6 is 0 Å². The van der Waals surface area contributed by atoms with Gasteiger partial charge >= 0.3 is 5.97 Å². The molecule has 32 heavy (non-hydrogen) atoms. The van der Waals surface area contributed by atoms with E-state index in [-0.39, 0.29) is 18.0 Å². The van der Waals surface area contributed by atoms with Gasteiger partial charge in [-0.1, -0.05) is 32.0 Å². The van der Waals surface area contributed by atoms with E-state index in [2.05, 4.69) is 5.32 Å². The normalized spacial score (nSPS) is 13.7. The van der Waals surface area contributed by atoms with Gasteiger partial charge in [-0.25, -0.2) is 4.79 Å². The van der Waals surface area contributed by atoms with Crippen LogP contribution in [0.15, 0.2) is 42.5 Å². The molecule has 0 spiro atoms. The van der Waals surface area contributed by atoms with Crippen molar-refractivity contribution < 1.29 is 28.7 Å². The summed E-state index contributed by atoms with van der Waals surface area (Å²) in [4.78, 5) is 51.9. The van der Waals surface area contributed by atoms with Crippen LogP contribution in [-0.4, -0.2) is 48.9 Å². The van der Waals surface area contributed by atoms with Gasteiger partial charge in [-0.3, -0.25) is 19.3 Å². The molecule has 0 aromatic heterocycles. The van der Waals surface area contributed by atoms with Crippen LogP contribution in [0.1, 0.15) is 56.9 Å². The van der Waals surface area contributed by atoms with Crippen molar-refractivity contribution in [3.63, 3.8) is 0 Å². The Morgan fingerprint density at radius 2 is 1.62 bits per heavy atom. The highest BCUT2D eigenvalue weighted by molar-refractivity contribution is 6.22. The molecule has 1 N–H and O–H groups in total. The zero-order chi connectivity index (χ0) is 23.4. The number of nitrogens with zero attached hydrogens (tertiary/aromatic N) is 1. The summed E-state index contributed by atoms with van der Waals surface area (Å²) >= 11 is 0. The first-order valence-electron chi connectivity index (χ1n) is 10.3. The number of carbonyl (C=O) groups is 4. The van der Waals surface area contributed by atoms with Crippen LogP contribution in [0.2, 0.25) is 0 Å². The molecule has 0 saturated carbocycles. The van der Waals surface area contributed by atoms with Gasteiger partial charge in [0.05, 0.1) is 25.3 Å². The molecule has 0 radical (unpaired) electrons. The zero-order valence-electron chi connectivity index (χ0n) is 18.5. The second-order valence-corrected chi connectivity index (χ2v) is 7.92. The first kappa shape index (κ1) is 23.0. The minimum absolute atomic E-state index is 0.0713. The fourth-order valence-corrected chi connectivity index (χ4v) is 3.71. The van der Waals surface area contributed by atoms with Crippen molar-refractivity contribution in [3.05, 3.63) is 64.7 Å². The summed E-state index contributed by atoms with van der Waals surface area (Å²) in [7, 11) is 2.72. The van der Waals surface area contributed by atoms with Crippen LogP contribution in [0.4, 0.5) is 0 Å². The zero-order valence-corrected chi connectivity index (χ0v) is 18.5. The fourth-order valence-electron chi connectivity index (χ4n) is 3.71. The number of fused-ring (bicyclic) bond motifs is 1. The molecule has 0 bridgehead atoms. The number of methoxy groups -OCH3 is 2. The number of nitrogens with one attached hydrogen (secondary N) is 1. The number of hydrogen-bond acceptors (Lipinski definition) is 6. The van der Waals surface area contributed by atoms with Crippen LogP contribution in [0, 0.1) is 5.92 Å². The third-order valence-electron chi connectivity index (χ3n) is 5.27. The average molecular weight is 438 g/mol. The maximum Gasteiger partial charge on any atom is 0.341 e. The number of ether oxygens (including phenoxy) is 2. The molecule has 1 atom stereocenters. The molecular weight excluding hydrogens is 412 g/mol. The van der Waals surface area contributed by atoms with E-state index in [1.165, 1.54) is 14.2 Å². The number of hydrogen-bond donors (Lipinski definition) is 1. The summed E-state index contributed by atoms with van der Waals surface area (Å²) in [5.41, 5.74) is 1.49. The summed E-state index contributed by atoms with van der Waals surface area (Å²) < 4.78 is 9.96. The van der Waals surface area contributed by atoms with Gasteiger partial charge in [0.25, 0.3) is 11.8 Å². The van der Waals surface area contributed by atoms with Crippen molar-refractivity contribution >= 4 is 23.7 Å². The van der Waals surface area contributed by atoms with Crippen LogP contribution in [0.3, 0.4) is 0 Å². The van der Waals surface area contributed by atoms with Gasteiger partial charge in [-0.05, 0) is 42.2 Å². The SMILES string of the molecule is COC(=O)c1cc(CNC(=O)C(CC(C)C)N2C(=O)c3ccccc3C2=O)ccc1OC. The molecule has 1 aliphatic heterocycles. The lowest BCUT2D eigenvalue weighted by Crippen LogP contribution is -2.50. The van der Waals surface area contributed by atoms with E-state index in [4.69, 9.17) is 9.47 Å². The molecule has 1 heterocycles. The molecule has 1 unspecified atom stereocenters. The van der Waals surface area contributed by atoms with E-state index in [1.807, 2.05) is 13.8 Å². The maximum absolute atomic E-state index is 13.1. The summed E-state index contributed by atoms with van der Waals surface area (Å²) in [5.74, 6) is -1.51. The lowest BCUT2D eigenvalue weighted by atomic mass is 10.0. The minimum Gasteiger partial charge on any atom is -0.496 e. The Morgan fingerprint density at radius 1 is 1.00 bits per heavy atom. The van der Waals surface area contributed by atoms with Crippen molar-refractivity contribution in [2.75, 3.05) is 14.2 Å². The smallest absolute Gasteiger partial charge is 0.341 e. The van der Waals surface area contributed by atoms with Gasteiger partial charge in [0, 0.05) is 6.54 Å².